The number of rotatable bonds is 7. The second-order valence-electron chi connectivity index (χ2n) is 6.55. The van der Waals surface area contributed by atoms with Crippen LogP contribution >= 0.6 is 11.8 Å². The van der Waals surface area contributed by atoms with Gasteiger partial charge in [0.2, 0.25) is 0 Å². The molecule has 0 spiro atoms. The fourth-order valence-corrected chi connectivity index (χ4v) is 3.49. The third kappa shape index (κ3) is 5.27. The van der Waals surface area contributed by atoms with Gasteiger partial charge >= 0.3 is 0 Å². The van der Waals surface area contributed by atoms with E-state index in [0.717, 1.165) is 16.9 Å². The topological polar surface area (TPSA) is 85.9 Å². The molecule has 0 aromatic heterocycles. The number of nitrogens with one attached hydrogen (secondary N) is 2. The lowest BCUT2D eigenvalue weighted by Gasteiger charge is -2.16. The highest BCUT2D eigenvalue weighted by molar-refractivity contribution is 8.02. The van der Waals surface area contributed by atoms with E-state index >= 15 is 0 Å². The molecule has 3 rings (SSSR count). The van der Waals surface area contributed by atoms with Crippen LogP contribution in [0.15, 0.2) is 47.6 Å². The lowest BCUT2D eigenvalue weighted by atomic mass is 10.1. The number of methoxy groups -OCH3 is 2. The summed E-state index contributed by atoms with van der Waals surface area (Å²) >= 11 is 1.53. The predicted molar refractivity (Wildman–Crippen MR) is 117 cm³/mol. The van der Waals surface area contributed by atoms with E-state index in [0.29, 0.717) is 29.4 Å². The smallest absolute Gasteiger partial charge is 0.291 e. The molecule has 0 bridgehead atoms. The van der Waals surface area contributed by atoms with Crippen LogP contribution in [-0.2, 0) is 16.1 Å². The van der Waals surface area contributed by atoms with Crippen molar-refractivity contribution in [3.63, 3.8) is 0 Å². The van der Waals surface area contributed by atoms with Crippen LogP contribution in [0.4, 0.5) is 5.69 Å². The second-order valence-corrected chi connectivity index (χ2v) is 7.52. The van der Waals surface area contributed by atoms with Crippen LogP contribution in [0.3, 0.4) is 0 Å². The molecule has 2 aromatic carbocycles. The number of amides is 2. The minimum absolute atomic E-state index is 0.265. The van der Waals surface area contributed by atoms with E-state index in [9.17, 15) is 9.59 Å². The molecule has 0 atom stereocenters. The van der Waals surface area contributed by atoms with Crippen LogP contribution < -0.4 is 20.1 Å². The van der Waals surface area contributed by atoms with Crippen LogP contribution in [0.5, 0.6) is 11.5 Å². The van der Waals surface area contributed by atoms with Crippen molar-refractivity contribution in [1.82, 2.24) is 5.32 Å². The number of thioether (sulfide) groups is 1. The minimum atomic E-state index is -0.330. The van der Waals surface area contributed by atoms with Gasteiger partial charge in [-0.1, -0.05) is 6.07 Å². The van der Waals surface area contributed by atoms with E-state index in [4.69, 9.17) is 14.2 Å². The molecule has 8 heteroatoms. The van der Waals surface area contributed by atoms with Crippen LogP contribution in [0, 0.1) is 6.92 Å². The number of carbonyl (C=O) groups is 2. The minimum Gasteiger partial charge on any atom is -0.497 e. The highest BCUT2D eigenvalue weighted by Crippen LogP contribution is 2.24. The predicted octanol–water partition coefficient (Wildman–Crippen LogP) is 3.49. The second kappa shape index (κ2) is 10.1. The molecule has 0 unspecified atom stereocenters. The molecule has 7 nitrogen and oxygen atoms in total. The van der Waals surface area contributed by atoms with Gasteiger partial charge in [-0.05, 0) is 42.8 Å². The maximum atomic E-state index is 12.7. The summed E-state index contributed by atoms with van der Waals surface area (Å²) in [6.07, 6.45) is 0. The van der Waals surface area contributed by atoms with Crippen LogP contribution in [0.25, 0.3) is 0 Å². The first-order chi connectivity index (χ1) is 14.5. The molecular weight excluding hydrogens is 404 g/mol. The first kappa shape index (κ1) is 21.6. The van der Waals surface area contributed by atoms with Gasteiger partial charge in [0.25, 0.3) is 11.8 Å². The van der Waals surface area contributed by atoms with Gasteiger partial charge in [-0.15, -0.1) is 11.8 Å². The zero-order valence-electron chi connectivity index (χ0n) is 17.1. The summed E-state index contributed by atoms with van der Waals surface area (Å²) in [5.74, 6) is 1.85. The van der Waals surface area contributed by atoms with Crippen molar-refractivity contribution < 1.29 is 23.8 Å². The van der Waals surface area contributed by atoms with Crippen LogP contribution in [0.2, 0.25) is 0 Å². The Balaban J connectivity index is 1.70. The molecule has 2 aromatic rings. The maximum Gasteiger partial charge on any atom is 0.291 e. The van der Waals surface area contributed by atoms with E-state index < -0.39 is 0 Å². The Morgan fingerprint density at radius 3 is 2.63 bits per heavy atom. The molecule has 2 amide bonds. The van der Waals surface area contributed by atoms with Crippen molar-refractivity contribution in [2.75, 3.05) is 31.9 Å². The average Bonchev–Trinajstić information content (AvgIpc) is 2.79. The normalized spacial score (nSPS) is 13.0. The summed E-state index contributed by atoms with van der Waals surface area (Å²) in [5, 5.41) is 7.40. The largest absolute Gasteiger partial charge is 0.497 e. The van der Waals surface area contributed by atoms with Gasteiger partial charge in [0.1, 0.15) is 11.5 Å². The number of aryl methyl sites for hydroxylation is 1. The summed E-state index contributed by atoms with van der Waals surface area (Å²) in [7, 11) is 3.16. The summed E-state index contributed by atoms with van der Waals surface area (Å²) in [4.78, 5) is 25.1. The van der Waals surface area contributed by atoms with E-state index in [2.05, 4.69) is 10.6 Å². The number of anilines is 1. The Hall–Kier alpha value is -3.13. The van der Waals surface area contributed by atoms with E-state index in [-0.39, 0.29) is 24.1 Å². The number of benzene rings is 2. The molecule has 1 aliphatic heterocycles. The van der Waals surface area contributed by atoms with Crippen molar-refractivity contribution >= 4 is 29.3 Å². The Morgan fingerprint density at radius 1 is 1.10 bits per heavy atom. The van der Waals surface area contributed by atoms with Gasteiger partial charge < -0.3 is 24.8 Å². The van der Waals surface area contributed by atoms with Crippen molar-refractivity contribution in [3.8, 4) is 11.5 Å². The van der Waals surface area contributed by atoms with Gasteiger partial charge in [0.05, 0.1) is 20.8 Å². The first-order valence-electron chi connectivity index (χ1n) is 9.37. The average molecular weight is 429 g/mol. The van der Waals surface area contributed by atoms with E-state index in [1.54, 1.807) is 50.0 Å². The molecule has 0 radical (unpaired) electrons. The summed E-state index contributed by atoms with van der Waals surface area (Å²) in [6.45, 7) is 2.63. The van der Waals surface area contributed by atoms with Crippen molar-refractivity contribution in [1.29, 1.82) is 0 Å². The van der Waals surface area contributed by atoms with Crippen molar-refractivity contribution in [3.05, 3.63) is 64.3 Å². The SMILES string of the molecule is COc1ccc(OC)c(CNC(=O)c2ccc(C)c(NC(=O)C3=CSCCO3)c2)c1. The molecule has 0 saturated carbocycles. The standard InChI is InChI=1S/C22H24N2O5S/c1-14-4-5-15(11-18(14)24-22(26)20-13-30-9-8-29-20)21(25)23-12-16-10-17(27-2)6-7-19(16)28-3/h4-7,10-11,13H,8-9,12H2,1-3H3,(H,23,25)(H,24,26). The fraction of sp³-hybridized carbons (Fsp3) is 0.273. The Kier molecular flexibility index (Phi) is 7.24. The Morgan fingerprint density at radius 2 is 1.93 bits per heavy atom. The zero-order valence-corrected chi connectivity index (χ0v) is 17.9. The Bertz CT molecular complexity index is 974. The third-order valence-electron chi connectivity index (χ3n) is 4.55. The zero-order chi connectivity index (χ0) is 21.5. The molecule has 0 saturated heterocycles. The molecule has 1 heterocycles. The van der Waals surface area contributed by atoms with E-state index in [1.807, 2.05) is 13.0 Å². The quantitative estimate of drug-likeness (QED) is 0.702. The van der Waals surface area contributed by atoms with Crippen LogP contribution in [-0.4, -0.2) is 38.4 Å². The molecule has 0 fully saturated rings. The monoisotopic (exact) mass is 428 g/mol. The van der Waals surface area contributed by atoms with Gasteiger partial charge in [0.15, 0.2) is 5.76 Å². The maximum absolute atomic E-state index is 12.7. The molecule has 0 aliphatic carbocycles. The number of carbonyl (C=O) groups excluding carboxylic acids is 2. The first-order valence-corrected chi connectivity index (χ1v) is 10.4. The Labute approximate surface area is 179 Å². The molecule has 158 valence electrons. The third-order valence-corrected chi connectivity index (χ3v) is 5.33. The number of hydrogen-bond donors (Lipinski definition) is 2. The van der Waals surface area contributed by atoms with Crippen LogP contribution in [0.1, 0.15) is 21.5 Å². The molecule has 1 aliphatic rings. The lowest BCUT2D eigenvalue weighted by Crippen LogP contribution is -2.24. The summed E-state index contributed by atoms with van der Waals surface area (Å²) in [6, 6.07) is 10.6. The number of ether oxygens (including phenoxy) is 3. The molecule has 30 heavy (non-hydrogen) atoms. The van der Waals surface area contributed by atoms with Gasteiger partial charge in [-0.25, -0.2) is 0 Å². The van der Waals surface area contributed by atoms with Gasteiger partial charge in [-0.2, -0.15) is 0 Å². The molecule has 2 N–H and O–H groups in total. The summed E-state index contributed by atoms with van der Waals surface area (Å²) < 4.78 is 16.0. The van der Waals surface area contributed by atoms with Crippen molar-refractivity contribution in [2.24, 2.45) is 0 Å². The van der Waals surface area contributed by atoms with E-state index in [1.165, 1.54) is 11.8 Å². The highest BCUT2D eigenvalue weighted by Gasteiger charge is 2.17. The van der Waals surface area contributed by atoms with Crippen molar-refractivity contribution in [2.45, 2.75) is 13.5 Å². The molecular formula is C22H24N2O5S. The number of hydrogen-bond acceptors (Lipinski definition) is 6. The fourth-order valence-electron chi connectivity index (χ4n) is 2.87. The summed E-state index contributed by atoms with van der Waals surface area (Å²) in [5.41, 5.74) is 2.64. The lowest BCUT2D eigenvalue weighted by molar-refractivity contribution is -0.116. The van der Waals surface area contributed by atoms with Gasteiger partial charge in [-0.3, -0.25) is 9.59 Å². The van der Waals surface area contributed by atoms with Gasteiger partial charge in [0, 0.05) is 34.5 Å². The highest BCUT2D eigenvalue weighted by atomic mass is 32.2.